The zero-order valence-electron chi connectivity index (χ0n) is 30.9. The third-order valence-electron chi connectivity index (χ3n) is 9.27. The molecule has 304 valence electrons. The number of hydrogen-bond acceptors (Lipinski definition) is 11. The Morgan fingerprint density at radius 2 is 1.12 bits per heavy atom. The summed E-state index contributed by atoms with van der Waals surface area (Å²) in [5.41, 5.74) is 4.76. The predicted molar refractivity (Wildman–Crippen MR) is 234 cm³/mol. The maximum absolute atomic E-state index is 11.5. The number of carboxylic acids is 1. The Labute approximate surface area is 386 Å². The molecule has 9 rings (SSSR count). The Bertz CT molecular complexity index is 2290. The van der Waals surface area contributed by atoms with Crippen molar-refractivity contribution < 1.29 is 59.2 Å². The van der Waals surface area contributed by atoms with Gasteiger partial charge in [-0.3, -0.25) is 18.7 Å². The summed E-state index contributed by atoms with van der Waals surface area (Å²) >= 11 is 9.39. The first-order valence-corrected chi connectivity index (χ1v) is 21.3. The van der Waals surface area contributed by atoms with Gasteiger partial charge in [0.25, 0.3) is 0 Å². The fourth-order valence-corrected chi connectivity index (χ4v) is 8.97. The Kier molecular flexibility index (Phi) is 19.9. The van der Waals surface area contributed by atoms with Gasteiger partial charge in [0.2, 0.25) is 9.47 Å². The van der Waals surface area contributed by atoms with Crippen LogP contribution in [0, 0.1) is 0 Å². The van der Waals surface area contributed by atoms with E-state index in [-0.39, 0.29) is 67.4 Å². The Hall–Kier alpha value is -2.80. The second kappa shape index (κ2) is 23.3. The number of rotatable bonds is 10. The summed E-state index contributed by atoms with van der Waals surface area (Å²) in [7, 11) is 1.38. The van der Waals surface area contributed by atoms with E-state index in [0.717, 1.165) is 47.1 Å². The van der Waals surface area contributed by atoms with E-state index in [9.17, 15) is 9.59 Å². The number of methoxy groups -OCH3 is 1. The van der Waals surface area contributed by atoms with Gasteiger partial charge in [-0.2, -0.15) is 0 Å². The monoisotopic (exact) mass is 964 g/mol. The van der Waals surface area contributed by atoms with Crippen molar-refractivity contribution >= 4 is 88.9 Å². The van der Waals surface area contributed by atoms with Crippen LogP contribution in [0.2, 0.25) is 0 Å². The summed E-state index contributed by atoms with van der Waals surface area (Å²) in [5.74, 6) is 0.318. The fraction of sp³-hybridized carbons (Fsp3) is 0.366. The third kappa shape index (κ3) is 11.9. The molecule has 2 saturated carbocycles. The van der Waals surface area contributed by atoms with Gasteiger partial charge in [0.05, 0.1) is 30.0 Å². The summed E-state index contributed by atoms with van der Waals surface area (Å²) in [6.07, 6.45) is 7.58. The number of benzene rings is 4. The van der Waals surface area contributed by atoms with Gasteiger partial charge >= 0.3 is 41.5 Å². The Balaban J connectivity index is 0.000000261. The van der Waals surface area contributed by atoms with Crippen LogP contribution in [0.25, 0.3) is 32.9 Å². The first-order valence-electron chi connectivity index (χ1n) is 17.7. The van der Waals surface area contributed by atoms with Crippen molar-refractivity contribution in [1.82, 2.24) is 29.5 Å². The number of aromatic nitrogens is 6. The molecule has 4 aromatic carbocycles. The van der Waals surface area contributed by atoms with Crippen molar-refractivity contribution in [1.29, 1.82) is 0 Å². The van der Waals surface area contributed by atoms with E-state index < -0.39 is 5.97 Å². The first kappa shape index (κ1) is 49.6. The van der Waals surface area contributed by atoms with E-state index in [2.05, 4.69) is 113 Å². The standard InChI is InChI=1S/C18H16BrN3O2S.C17H14BrN3O2S.C4H8O.2CH4.Na.H2O/c1-24-16(23)10-25-18-21-20-17(19)22(18)15-9-8-12(11-6-7-11)13-4-2-3-5-14(13)15;18-16-19-20-17(24-9-15(22)23)21(16)14-8-7-11(10-5-6-10)12-3-1-2-4-13(12)14;1-2-4-5-3-1;;;;/h2-5,8-9,11H,6-7,10H2,1H3;1-4,7-8,10H,5-6,9H2,(H,22,23);1-4H2;2*1H4;;1H2/q;;;;;+1;/p-1. The van der Waals surface area contributed by atoms with Gasteiger partial charge in [0, 0.05) is 24.0 Å². The zero-order chi connectivity index (χ0) is 37.6. The van der Waals surface area contributed by atoms with E-state index in [1.165, 1.54) is 79.3 Å². The molecule has 58 heavy (non-hydrogen) atoms. The van der Waals surface area contributed by atoms with Gasteiger partial charge in [-0.15, -0.1) is 20.4 Å². The minimum Gasteiger partial charge on any atom is -0.870 e. The maximum Gasteiger partial charge on any atom is 1.00 e. The smallest absolute Gasteiger partial charge is 0.870 e. The molecule has 0 unspecified atom stereocenters. The molecule has 3 heterocycles. The molecule has 6 aromatic rings. The number of nitrogens with zero attached hydrogens (tertiary/aromatic N) is 6. The molecule has 0 bridgehead atoms. The molecule has 12 nitrogen and oxygen atoms in total. The first-order chi connectivity index (χ1) is 26.3. The Morgan fingerprint density at radius 3 is 1.48 bits per heavy atom. The number of thioether (sulfide) groups is 2. The second-order valence-corrected chi connectivity index (χ2v) is 16.3. The van der Waals surface area contributed by atoms with Crippen molar-refractivity contribution in [2.24, 2.45) is 0 Å². The minimum atomic E-state index is -0.875. The van der Waals surface area contributed by atoms with Crippen LogP contribution in [-0.2, 0) is 19.1 Å². The van der Waals surface area contributed by atoms with Crippen LogP contribution in [0.1, 0.15) is 76.3 Å². The van der Waals surface area contributed by atoms with Crippen molar-refractivity contribution in [3.05, 3.63) is 93.4 Å². The van der Waals surface area contributed by atoms with Crippen molar-refractivity contribution in [2.75, 3.05) is 31.8 Å². The molecule has 2 aromatic heterocycles. The summed E-state index contributed by atoms with van der Waals surface area (Å²) in [6.45, 7) is 2.00. The van der Waals surface area contributed by atoms with Crippen LogP contribution in [-0.4, -0.2) is 83.9 Å². The number of esters is 1. The summed E-state index contributed by atoms with van der Waals surface area (Å²) in [5, 5.41) is 31.4. The van der Waals surface area contributed by atoms with Gasteiger partial charge in [-0.05, 0) is 116 Å². The van der Waals surface area contributed by atoms with E-state index in [1.807, 2.05) is 21.3 Å². The molecule has 0 amide bonds. The minimum absolute atomic E-state index is 0. The van der Waals surface area contributed by atoms with Gasteiger partial charge in [0.15, 0.2) is 10.3 Å². The van der Waals surface area contributed by atoms with E-state index >= 15 is 0 Å². The number of hydrogen-bond donors (Lipinski definition) is 1. The van der Waals surface area contributed by atoms with E-state index in [1.54, 1.807) is 0 Å². The quantitative estimate of drug-likeness (QED) is 0.0821. The largest absolute Gasteiger partial charge is 1.00 e. The molecule has 3 fully saturated rings. The third-order valence-corrected chi connectivity index (χ3v) is 12.1. The van der Waals surface area contributed by atoms with Gasteiger partial charge in [-0.25, -0.2) is 0 Å². The van der Waals surface area contributed by atoms with Crippen LogP contribution >= 0.6 is 55.4 Å². The van der Waals surface area contributed by atoms with Crippen LogP contribution < -0.4 is 29.6 Å². The molecule has 0 radical (unpaired) electrons. The molecule has 0 spiro atoms. The number of carboxylic acid groups (broad SMARTS) is 1. The van der Waals surface area contributed by atoms with Crippen LogP contribution in [0.3, 0.4) is 0 Å². The molecule has 1 aliphatic heterocycles. The van der Waals surface area contributed by atoms with Gasteiger partial charge in [-0.1, -0.05) is 99.0 Å². The second-order valence-electron chi connectivity index (χ2n) is 13.0. The SMILES string of the molecule is C.C.C1CCOC1.COC(=O)CSc1nnc(Br)n1-c1ccc(C2CC2)c2ccccc12.O=C(O)CSc1nnc(Br)n1-c1ccc(C2CC2)c2ccccc12.[Na+].[OH-]. The molecular weight excluding hydrogens is 919 g/mol. The van der Waals surface area contributed by atoms with Gasteiger partial charge in [0.1, 0.15) is 0 Å². The molecule has 0 atom stereocenters. The zero-order valence-corrected chi connectivity index (χ0v) is 37.7. The average Bonchev–Trinajstić information content (AvgIpc) is 4.08. The molecule has 17 heteroatoms. The molecular formula is C41H47Br2N6NaO6S2. The predicted octanol–water partition coefficient (Wildman–Crippen LogP) is 7.46. The topological polar surface area (TPSA) is 164 Å². The van der Waals surface area contributed by atoms with E-state index in [4.69, 9.17) is 14.6 Å². The molecule has 3 aliphatic rings. The molecule has 2 N–H and O–H groups in total. The number of ether oxygens (including phenoxy) is 2. The number of carbonyl (C=O) groups is 2. The van der Waals surface area contributed by atoms with Crippen LogP contribution in [0.4, 0.5) is 0 Å². The van der Waals surface area contributed by atoms with Crippen molar-refractivity contribution in [2.45, 2.75) is 75.5 Å². The maximum atomic E-state index is 11.5. The van der Waals surface area contributed by atoms with Crippen molar-refractivity contribution in [3.63, 3.8) is 0 Å². The summed E-state index contributed by atoms with van der Waals surface area (Å²) in [4.78, 5) is 22.3. The Morgan fingerprint density at radius 1 is 0.707 bits per heavy atom. The molecule has 1 saturated heterocycles. The summed E-state index contributed by atoms with van der Waals surface area (Å²) < 4.78 is 14.6. The number of aliphatic carboxylic acids is 1. The number of fused-ring (bicyclic) bond motifs is 2. The van der Waals surface area contributed by atoms with Crippen molar-refractivity contribution in [3.8, 4) is 11.4 Å². The van der Waals surface area contributed by atoms with Gasteiger partial charge < -0.3 is 20.1 Å². The normalized spacial score (nSPS) is 14.0. The van der Waals surface area contributed by atoms with E-state index in [0.29, 0.717) is 31.6 Å². The van der Waals surface area contributed by atoms with Crippen LogP contribution in [0.5, 0.6) is 0 Å². The number of halogens is 2. The summed E-state index contributed by atoms with van der Waals surface area (Å²) in [6, 6.07) is 25.3. The molecule has 2 aliphatic carbocycles. The number of carbonyl (C=O) groups excluding carboxylic acids is 1. The average molecular weight is 967 g/mol. The fourth-order valence-electron chi connectivity index (χ4n) is 6.42. The van der Waals surface area contributed by atoms with Crippen LogP contribution in [0.15, 0.2) is 92.6 Å².